The van der Waals surface area contributed by atoms with Gasteiger partial charge in [0.1, 0.15) is 11.8 Å². The highest BCUT2D eigenvalue weighted by molar-refractivity contribution is 7.16. The van der Waals surface area contributed by atoms with Gasteiger partial charge < -0.3 is 14.0 Å². The summed E-state index contributed by atoms with van der Waals surface area (Å²) in [6.45, 7) is 6.52. The van der Waals surface area contributed by atoms with E-state index in [4.69, 9.17) is 9.47 Å². The van der Waals surface area contributed by atoms with E-state index in [1.54, 1.807) is 16.7 Å². The molecule has 1 amide bonds. The number of esters is 1. The van der Waals surface area contributed by atoms with Crippen LogP contribution in [0.15, 0.2) is 47.5 Å². The van der Waals surface area contributed by atoms with Crippen molar-refractivity contribution in [3.8, 4) is 5.75 Å². The predicted octanol–water partition coefficient (Wildman–Crippen LogP) is 4.67. The fourth-order valence-corrected chi connectivity index (χ4v) is 4.20. The van der Waals surface area contributed by atoms with Gasteiger partial charge in [-0.25, -0.2) is 4.79 Å². The molecule has 0 aliphatic carbocycles. The molecule has 0 radical (unpaired) electrons. The Bertz CT molecular complexity index is 1110. The Balaban J connectivity index is 2.18. The molecule has 1 heterocycles. The summed E-state index contributed by atoms with van der Waals surface area (Å²) in [4.78, 5) is 30.1. The quantitative estimate of drug-likeness (QED) is 0.515. The average molecular weight is 427 g/mol. The molecule has 6 nitrogen and oxygen atoms in total. The number of nitrogens with zero attached hydrogens (tertiary/aromatic N) is 2. The number of hydrogen-bond donors (Lipinski definition) is 0. The molecule has 2 aromatic carbocycles. The van der Waals surface area contributed by atoms with Crippen LogP contribution in [-0.2, 0) is 9.53 Å². The van der Waals surface area contributed by atoms with Crippen molar-refractivity contribution in [2.24, 2.45) is 4.99 Å². The zero-order valence-electron chi connectivity index (χ0n) is 17.7. The molecule has 30 heavy (non-hydrogen) atoms. The average Bonchev–Trinajstić information content (AvgIpc) is 3.10. The Kier molecular flexibility index (Phi) is 7.05. The Morgan fingerprint density at radius 3 is 2.50 bits per heavy atom. The third kappa shape index (κ3) is 4.62. The Morgan fingerprint density at radius 1 is 1.13 bits per heavy atom. The minimum absolute atomic E-state index is 0.350. The lowest BCUT2D eigenvalue weighted by Gasteiger charge is -2.16. The monoisotopic (exact) mass is 426 g/mol. The lowest BCUT2D eigenvalue weighted by Crippen LogP contribution is -2.28. The topological polar surface area (TPSA) is 69.9 Å². The molecule has 0 saturated heterocycles. The Labute approximate surface area is 179 Å². The van der Waals surface area contributed by atoms with E-state index in [1.165, 1.54) is 18.4 Å². The van der Waals surface area contributed by atoms with E-state index in [-0.39, 0.29) is 11.9 Å². The first-order chi connectivity index (χ1) is 14.5. The minimum atomic E-state index is -0.588. The molecular weight excluding hydrogens is 400 g/mol. The summed E-state index contributed by atoms with van der Waals surface area (Å²) >= 11 is 1.37. The molecular formula is C23H26N2O4S. The van der Waals surface area contributed by atoms with Crippen molar-refractivity contribution >= 4 is 33.4 Å². The number of thiazole rings is 1. The zero-order valence-corrected chi connectivity index (χ0v) is 18.5. The van der Waals surface area contributed by atoms with Crippen LogP contribution in [-0.4, -0.2) is 30.2 Å². The van der Waals surface area contributed by atoms with Gasteiger partial charge in [0.15, 0.2) is 4.80 Å². The molecule has 158 valence electrons. The highest BCUT2D eigenvalue weighted by atomic mass is 32.1. The van der Waals surface area contributed by atoms with E-state index in [9.17, 15) is 9.59 Å². The molecule has 1 atom stereocenters. The maximum atomic E-state index is 12.8. The van der Waals surface area contributed by atoms with Crippen molar-refractivity contribution < 1.29 is 19.1 Å². The van der Waals surface area contributed by atoms with Crippen molar-refractivity contribution in [3.05, 3.63) is 58.4 Å². The van der Waals surface area contributed by atoms with Crippen LogP contribution in [0.3, 0.4) is 0 Å². The number of benzene rings is 2. The molecule has 0 fully saturated rings. The largest absolute Gasteiger partial charge is 0.494 e. The second-order valence-electron chi connectivity index (χ2n) is 6.96. The first kappa shape index (κ1) is 21.8. The van der Waals surface area contributed by atoms with Gasteiger partial charge in [0, 0.05) is 11.6 Å². The number of rotatable bonds is 7. The lowest BCUT2D eigenvalue weighted by atomic mass is 10.1. The number of aryl methyl sites for hydroxylation is 1. The van der Waals surface area contributed by atoms with Crippen LogP contribution in [0.2, 0.25) is 0 Å². The van der Waals surface area contributed by atoms with E-state index >= 15 is 0 Å². The highest BCUT2D eigenvalue weighted by Crippen LogP contribution is 2.27. The summed E-state index contributed by atoms with van der Waals surface area (Å²) in [5.41, 5.74) is 2.36. The molecule has 0 saturated carbocycles. The second kappa shape index (κ2) is 9.71. The summed E-state index contributed by atoms with van der Waals surface area (Å²) in [5.74, 6) is -0.00849. The van der Waals surface area contributed by atoms with E-state index < -0.39 is 6.04 Å². The molecule has 1 unspecified atom stereocenters. The summed E-state index contributed by atoms with van der Waals surface area (Å²) < 4.78 is 13.5. The summed E-state index contributed by atoms with van der Waals surface area (Å²) in [5, 5.41) is 0. The normalized spacial score (nSPS) is 12.7. The minimum Gasteiger partial charge on any atom is -0.494 e. The molecule has 0 bridgehead atoms. The SMILES string of the molecule is CCCOc1ccc2s/c(=N\C(=O)c3ccc(C)cc3)n(C(CC)C(=O)OC)c2c1. The van der Waals surface area contributed by atoms with Gasteiger partial charge >= 0.3 is 5.97 Å². The highest BCUT2D eigenvalue weighted by Gasteiger charge is 2.24. The van der Waals surface area contributed by atoms with Crippen molar-refractivity contribution in [1.82, 2.24) is 4.57 Å². The van der Waals surface area contributed by atoms with E-state index in [0.29, 0.717) is 29.1 Å². The van der Waals surface area contributed by atoms with Gasteiger partial charge in [-0.15, -0.1) is 0 Å². The number of hydrogen-bond acceptors (Lipinski definition) is 5. The maximum Gasteiger partial charge on any atom is 0.328 e. The summed E-state index contributed by atoms with van der Waals surface area (Å²) in [7, 11) is 1.37. The number of fused-ring (bicyclic) bond motifs is 1. The van der Waals surface area contributed by atoms with E-state index in [2.05, 4.69) is 4.99 Å². The third-order valence-corrected chi connectivity index (χ3v) is 5.77. The Hall–Kier alpha value is -2.93. The third-order valence-electron chi connectivity index (χ3n) is 4.74. The summed E-state index contributed by atoms with van der Waals surface area (Å²) in [6, 6.07) is 12.4. The Morgan fingerprint density at radius 2 is 1.87 bits per heavy atom. The van der Waals surface area contributed by atoms with Crippen LogP contribution in [0.5, 0.6) is 5.75 Å². The smallest absolute Gasteiger partial charge is 0.328 e. The number of ether oxygens (including phenoxy) is 2. The van der Waals surface area contributed by atoms with Gasteiger partial charge in [0.25, 0.3) is 5.91 Å². The van der Waals surface area contributed by atoms with Crippen LogP contribution in [0, 0.1) is 6.92 Å². The fourth-order valence-electron chi connectivity index (χ4n) is 3.15. The lowest BCUT2D eigenvalue weighted by molar-refractivity contribution is -0.144. The standard InChI is InChI=1S/C23H26N2O4S/c1-5-13-29-17-11-12-20-19(14-17)25(18(6-2)22(27)28-4)23(30-20)24-21(26)16-9-7-15(3)8-10-16/h7-12,14,18H,5-6,13H2,1-4H3/b24-23-. The molecule has 0 aliphatic rings. The molecule has 0 N–H and O–H groups in total. The van der Waals surface area contributed by atoms with Gasteiger partial charge in [0.2, 0.25) is 0 Å². The summed E-state index contributed by atoms with van der Waals surface area (Å²) in [6.07, 6.45) is 1.40. The van der Waals surface area contributed by atoms with Gasteiger partial charge in [-0.1, -0.05) is 42.9 Å². The first-order valence-electron chi connectivity index (χ1n) is 9.99. The molecule has 3 rings (SSSR count). The number of methoxy groups -OCH3 is 1. The molecule has 0 aliphatic heterocycles. The van der Waals surface area contributed by atoms with E-state index in [1.807, 2.05) is 51.1 Å². The molecule has 7 heteroatoms. The maximum absolute atomic E-state index is 12.8. The molecule has 3 aromatic rings. The van der Waals surface area contributed by atoms with Gasteiger partial charge in [0.05, 0.1) is 23.9 Å². The number of amides is 1. The predicted molar refractivity (Wildman–Crippen MR) is 118 cm³/mol. The van der Waals surface area contributed by atoms with Crippen molar-refractivity contribution in [1.29, 1.82) is 0 Å². The molecule has 1 aromatic heterocycles. The van der Waals surface area contributed by atoms with Crippen LogP contribution in [0.1, 0.15) is 48.7 Å². The number of carbonyl (C=O) groups excluding carboxylic acids is 2. The van der Waals surface area contributed by atoms with Gasteiger partial charge in [-0.2, -0.15) is 4.99 Å². The number of carbonyl (C=O) groups is 2. The zero-order chi connectivity index (χ0) is 21.7. The van der Waals surface area contributed by atoms with Crippen molar-refractivity contribution in [2.45, 2.75) is 39.7 Å². The van der Waals surface area contributed by atoms with Crippen molar-refractivity contribution in [3.63, 3.8) is 0 Å². The number of aromatic nitrogens is 1. The first-order valence-corrected chi connectivity index (χ1v) is 10.8. The van der Waals surface area contributed by atoms with E-state index in [0.717, 1.165) is 22.2 Å². The van der Waals surface area contributed by atoms with Gasteiger partial charge in [-0.3, -0.25) is 4.79 Å². The van der Waals surface area contributed by atoms with Crippen LogP contribution in [0.25, 0.3) is 10.2 Å². The second-order valence-corrected chi connectivity index (χ2v) is 7.97. The van der Waals surface area contributed by atoms with Crippen molar-refractivity contribution in [2.75, 3.05) is 13.7 Å². The van der Waals surface area contributed by atoms with Crippen LogP contribution in [0.4, 0.5) is 0 Å². The molecule has 0 spiro atoms. The fraction of sp³-hybridized carbons (Fsp3) is 0.348. The van der Waals surface area contributed by atoms with Crippen LogP contribution < -0.4 is 9.54 Å². The van der Waals surface area contributed by atoms with Crippen LogP contribution >= 0.6 is 11.3 Å². The van der Waals surface area contributed by atoms with Gasteiger partial charge in [-0.05, 0) is 44.0 Å².